The number of hydrazone groups is 1. The first kappa shape index (κ1) is 21.6. The van der Waals surface area contributed by atoms with Gasteiger partial charge in [0.25, 0.3) is 11.8 Å². The van der Waals surface area contributed by atoms with Gasteiger partial charge in [-0.05, 0) is 31.0 Å². The molecule has 1 saturated heterocycles. The topological polar surface area (TPSA) is 96.2 Å². The van der Waals surface area contributed by atoms with E-state index >= 15 is 0 Å². The normalized spacial score (nSPS) is 15.4. The van der Waals surface area contributed by atoms with Crippen molar-refractivity contribution < 1.29 is 18.7 Å². The van der Waals surface area contributed by atoms with Crippen LogP contribution in [0.2, 0.25) is 0 Å². The molecule has 0 aliphatic carbocycles. The predicted molar refractivity (Wildman–Crippen MR) is 115 cm³/mol. The Morgan fingerprint density at radius 2 is 1.80 bits per heavy atom. The summed E-state index contributed by atoms with van der Waals surface area (Å²) in [6.45, 7) is 8.58. The number of ether oxygens (including phenoxy) is 1. The number of nitrogens with zero attached hydrogens (tertiary/aromatic N) is 2. The highest BCUT2D eigenvalue weighted by atomic mass is 16.5. The molecule has 0 spiro atoms. The molecule has 30 heavy (non-hydrogen) atoms. The average molecular weight is 412 g/mol. The number of hydrogen-bond donors (Lipinski definition) is 2. The van der Waals surface area contributed by atoms with Crippen LogP contribution in [0.3, 0.4) is 0 Å². The number of hydrogen-bond acceptors (Lipinski definition) is 6. The lowest BCUT2D eigenvalue weighted by Gasteiger charge is -2.26. The second-order valence-corrected chi connectivity index (χ2v) is 7.57. The van der Waals surface area contributed by atoms with Crippen molar-refractivity contribution in [3.05, 3.63) is 53.3 Å². The molecule has 1 aromatic carbocycles. The zero-order chi connectivity index (χ0) is 21.5. The van der Waals surface area contributed by atoms with Gasteiger partial charge in [0.2, 0.25) is 0 Å². The highest BCUT2D eigenvalue weighted by Crippen LogP contribution is 2.18. The Hall–Kier alpha value is -3.13. The fourth-order valence-electron chi connectivity index (χ4n) is 3.06. The van der Waals surface area contributed by atoms with Crippen molar-refractivity contribution in [1.82, 2.24) is 10.7 Å². The molecule has 0 radical (unpaired) electrons. The molecule has 8 nitrogen and oxygen atoms in total. The number of rotatable bonds is 7. The third-order valence-electron chi connectivity index (χ3n) is 4.85. The van der Waals surface area contributed by atoms with Crippen LogP contribution in [0.15, 0.2) is 45.9 Å². The molecule has 2 aromatic rings. The SMILES string of the molecule is Cc1ccc(C(=O)NC(C(=O)NN=Cc2ccc(N3CCOCC3)o2)C(C)C)cc1. The quantitative estimate of drug-likeness (QED) is 0.538. The molecule has 160 valence electrons. The van der Waals surface area contributed by atoms with Gasteiger partial charge in [0, 0.05) is 24.7 Å². The molecule has 1 fully saturated rings. The number of amides is 2. The van der Waals surface area contributed by atoms with Gasteiger partial charge in [-0.15, -0.1) is 0 Å². The minimum atomic E-state index is -0.712. The minimum Gasteiger partial charge on any atom is -0.440 e. The summed E-state index contributed by atoms with van der Waals surface area (Å²) in [6, 6.07) is 10.1. The van der Waals surface area contributed by atoms with Gasteiger partial charge < -0.3 is 19.4 Å². The van der Waals surface area contributed by atoms with Crippen molar-refractivity contribution in [3.63, 3.8) is 0 Å². The Balaban J connectivity index is 1.56. The van der Waals surface area contributed by atoms with Crippen LogP contribution >= 0.6 is 0 Å². The first-order chi connectivity index (χ1) is 14.4. The summed E-state index contributed by atoms with van der Waals surface area (Å²) in [5.41, 5.74) is 4.06. The lowest BCUT2D eigenvalue weighted by atomic mass is 10.0. The van der Waals surface area contributed by atoms with Crippen LogP contribution in [-0.4, -0.2) is 50.4 Å². The first-order valence-electron chi connectivity index (χ1n) is 10.1. The Morgan fingerprint density at radius 1 is 1.10 bits per heavy atom. The van der Waals surface area contributed by atoms with Gasteiger partial charge in [-0.25, -0.2) is 5.43 Å². The van der Waals surface area contributed by atoms with Gasteiger partial charge in [0.1, 0.15) is 11.8 Å². The van der Waals surface area contributed by atoms with Crippen LogP contribution < -0.4 is 15.6 Å². The second-order valence-electron chi connectivity index (χ2n) is 7.57. The number of nitrogens with one attached hydrogen (secondary N) is 2. The van der Waals surface area contributed by atoms with E-state index < -0.39 is 6.04 Å². The van der Waals surface area contributed by atoms with E-state index in [4.69, 9.17) is 9.15 Å². The lowest BCUT2D eigenvalue weighted by molar-refractivity contribution is -0.123. The number of carbonyl (C=O) groups excluding carboxylic acids is 2. The molecule has 2 heterocycles. The van der Waals surface area contributed by atoms with Crippen molar-refractivity contribution in [2.45, 2.75) is 26.8 Å². The summed E-state index contributed by atoms with van der Waals surface area (Å²) >= 11 is 0. The third kappa shape index (κ3) is 5.70. The summed E-state index contributed by atoms with van der Waals surface area (Å²) in [5, 5.41) is 6.76. The van der Waals surface area contributed by atoms with Crippen LogP contribution in [0, 0.1) is 12.8 Å². The third-order valence-corrected chi connectivity index (χ3v) is 4.85. The Bertz CT molecular complexity index is 883. The molecule has 1 aliphatic rings. The summed E-state index contributed by atoms with van der Waals surface area (Å²) < 4.78 is 11.1. The lowest BCUT2D eigenvalue weighted by Crippen LogP contribution is -2.48. The van der Waals surface area contributed by atoms with Crippen LogP contribution in [0.1, 0.15) is 35.5 Å². The molecule has 2 amide bonds. The maximum atomic E-state index is 12.6. The van der Waals surface area contributed by atoms with Crippen LogP contribution in [0.5, 0.6) is 0 Å². The van der Waals surface area contributed by atoms with Gasteiger partial charge in [-0.1, -0.05) is 31.5 Å². The standard InChI is InChI=1S/C22H28N4O4/c1-15(2)20(24-21(27)17-6-4-16(3)5-7-17)22(28)25-23-14-18-8-9-19(30-18)26-10-12-29-13-11-26/h4-9,14-15,20H,10-13H2,1-3H3,(H,24,27)(H,25,28). The maximum absolute atomic E-state index is 12.6. The summed E-state index contributed by atoms with van der Waals surface area (Å²) in [6.07, 6.45) is 1.45. The van der Waals surface area contributed by atoms with E-state index in [0.717, 1.165) is 24.5 Å². The van der Waals surface area contributed by atoms with E-state index in [-0.39, 0.29) is 17.7 Å². The first-order valence-corrected chi connectivity index (χ1v) is 10.1. The second kappa shape index (κ2) is 10.1. The highest BCUT2D eigenvalue weighted by molar-refractivity contribution is 5.97. The monoisotopic (exact) mass is 412 g/mol. The molecule has 3 rings (SSSR count). The zero-order valence-electron chi connectivity index (χ0n) is 17.6. The minimum absolute atomic E-state index is 0.105. The Morgan fingerprint density at radius 3 is 2.47 bits per heavy atom. The fraction of sp³-hybridized carbons (Fsp3) is 0.409. The summed E-state index contributed by atoms with van der Waals surface area (Å²) in [4.78, 5) is 27.1. The number of morpholine rings is 1. The average Bonchev–Trinajstić information content (AvgIpc) is 3.21. The van der Waals surface area contributed by atoms with Crippen molar-refractivity contribution in [1.29, 1.82) is 0 Å². The Kier molecular flexibility index (Phi) is 7.24. The number of aryl methyl sites for hydroxylation is 1. The van der Waals surface area contributed by atoms with Crippen molar-refractivity contribution in [2.24, 2.45) is 11.0 Å². The van der Waals surface area contributed by atoms with E-state index in [1.807, 2.05) is 39.0 Å². The molecule has 1 aliphatic heterocycles. The molecule has 0 bridgehead atoms. The number of benzene rings is 1. The fourth-order valence-corrected chi connectivity index (χ4v) is 3.06. The molecule has 0 saturated carbocycles. The van der Waals surface area contributed by atoms with Crippen molar-refractivity contribution in [3.8, 4) is 0 Å². The number of furan rings is 1. The smallest absolute Gasteiger partial charge is 0.262 e. The maximum Gasteiger partial charge on any atom is 0.262 e. The van der Waals surface area contributed by atoms with Gasteiger partial charge in [0.15, 0.2) is 5.88 Å². The summed E-state index contributed by atoms with van der Waals surface area (Å²) in [7, 11) is 0. The van der Waals surface area contributed by atoms with Gasteiger partial charge in [-0.3, -0.25) is 9.59 Å². The zero-order valence-corrected chi connectivity index (χ0v) is 17.6. The van der Waals surface area contributed by atoms with E-state index in [0.29, 0.717) is 24.5 Å². The predicted octanol–water partition coefficient (Wildman–Crippen LogP) is 2.33. The van der Waals surface area contributed by atoms with Crippen LogP contribution in [0.25, 0.3) is 0 Å². The molecule has 2 N–H and O–H groups in total. The number of anilines is 1. The van der Waals surface area contributed by atoms with Gasteiger partial charge in [0.05, 0.1) is 19.4 Å². The molecule has 1 aromatic heterocycles. The molecular formula is C22H28N4O4. The van der Waals surface area contributed by atoms with Crippen LogP contribution in [0.4, 0.5) is 5.88 Å². The molecule has 1 unspecified atom stereocenters. The molecular weight excluding hydrogens is 384 g/mol. The van der Waals surface area contributed by atoms with E-state index in [9.17, 15) is 9.59 Å². The van der Waals surface area contributed by atoms with E-state index in [1.54, 1.807) is 18.2 Å². The van der Waals surface area contributed by atoms with E-state index in [2.05, 4.69) is 20.7 Å². The highest BCUT2D eigenvalue weighted by Gasteiger charge is 2.24. The van der Waals surface area contributed by atoms with Gasteiger partial charge in [-0.2, -0.15) is 5.10 Å². The number of carbonyl (C=O) groups is 2. The molecule has 8 heteroatoms. The van der Waals surface area contributed by atoms with Crippen molar-refractivity contribution in [2.75, 3.05) is 31.2 Å². The largest absolute Gasteiger partial charge is 0.440 e. The van der Waals surface area contributed by atoms with Crippen molar-refractivity contribution >= 4 is 23.9 Å². The van der Waals surface area contributed by atoms with E-state index in [1.165, 1.54) is 6.21 Å². The van der Waals surface area contributed by atoms with Crippen LogP contribution in [-0.2, 0) is 9.53 Å². The Labute approximate surface area is 176 Å². The molecule has 1 atom stereocenters. The van der Waals surface area contributed by atoms with Gasteiger partial charge >= 0.3 is 0 Å². The summed E-state index contributed by atoms with van der Waals surface area (Å²) in [5.74, 6) is 0.486.